The van der Waals surface area contributed by atoms with Gasteiger partial charge in [-0.05, 0) is 13.8 Å². The van der Waals surface area contributed by atoms with Gasteiger partial charge in [-0.25, -0.2) is 13.1 Å². The first-order valence-electron chi connectivity index (χ1n) is 5.34. The molecular weight excluding hydrogens is 287 g/mol. The highest BCUT2D eigenvalue weighted by Gasteiger charge is 2.27. The van der Waals surface area contributed by atoms with Crippen LogP contribution in [0.15, 0.2) is 0 Å². The first-order valence-corrected chi connectivity index (χ1v) is 7.23. The van der Waals surface area contributed by atoms with Crippen molar-refractivity contribution in [1.29, 1.82) is 0 Å². The summed E-state index contributed by atoms with van der Waals surface area (Å²) in [5, 5.41) is 4.27. The molecule has 0 saturated heterocycles. The van der Waals surface area contributed by atoms with Gasteiger partial charge in [-0.3, -0.25) is 4.79 Å². The van der Waals surface area contributed by atoms with E-state index >= 15 is 0 Å². The van der Waals surface area contributed by atoms with Crippen molar-refractivity contribution in [2.24, 2.45) is 0 Å². The standard InChI is InChI=1S/C9H18F3N3O3S/c1-8(2,15-19(3,17)18)5-14-7(16)4-13-6-9(10,11)12/h13,15H,4-6H2,1-3H3,(H,14,16). The van der Waals surface area contributed by atoms with Crippen LogP contribution in [0.2, 0.25) is 0 Å². The molecule has 6 nitrogen and oxygen atoms in total. The fourth-order valence-corrected chi connectivity index (χ4v) is 2.31. The molecular formula is C9H18F3N3O3S. The first kappa shape index (κ1) is 18.1. The number of rotatable bonds is 7. The molecule has 0 unspecified atom stereocenters. The second-order valence-electron chi connectivity index (χ2n) is 4.75. The van der Waals surface area contributed by atoms with E-state index in [0.29, 0.717) is 0 Å². The van der Waals surface area contributed by atoms with Crippen molar-refractivity contribution in [1.82, 2.24) is 15.4 Å². The van der Waals surface area contributed by atoms with Crippen molar-refractivity contribution in [3.8, 4) is 0 Å². The van der Waals surface area contributed by atoms with Crippen LogP contribution in [0.5, 0.6) is 0 Å². The van der Waals surface area contributed by atoms with Crippen molar-refractivity contribution >= 4 is 15.9 Å². The van der Waals surface area contributed by atoms with Crippen molar-refractivity contribution in [2.75, 3.05) is 25.9 Å². The van der Waals surface area contributed by atoms with E-state index in [-0.39, 0.29) is 6.54 Å². The van der Waals surface area contributed by atoms with Crippen molar-refractivity contribution in [2.45, 2.75) is 25.6 Å². The van der Waals surface area contributed by atoms with Gasteiger partial charge in [0.15, 0.2) is 0 Å². The van der Waals surface area contributed by atoms with Crippen LogP contribution in [0.25, 0.3) is 0 Å². The molecule has 19 heavy (non-hydrogen) atoms. The van der Waals surface area contributed by atoms with E-state index < -0.39 is 40.7 Å². The van der Waals surface area contributed by atoms with Gasteiger partial charge in [0.2, 0.25) is 15.9 Å². The first-order chi connectivity index (χ1) is 8.31. The molecule has 0 rings (SSSR count). The number of hydrogen-bond donors (Lipinski definition) is 3. The van der Waals surface area contributed by atoms with Gasteiger partial charge in [-0.2, -0.15) is 13.2 Å². The second-order valence-corrected chi connectivity index (χ2v) is 6.50. The Balaban J connectivity index is 4.03. The number of carbonyl (C=O) groups excluding carboxylic acids is 1. The minimum atomic E-state index is -4.38. The highest BCUT2D eigenvalue weighted by molar-refractivity contribution is 7.88. The molecule has 0 radical (unpaired) electrons. The van der Waals surface area contributed by atoms with E-state index in [1.54, 1.807) is 0 Å². The number of amides is 1. The number of sulfonamides is 1. The summed E-state index contributed by atoms with van der Waals surface area (Å²) in [5.41, 5.74) is -0.923. The topological polar surface area (TPSA) is 87.3 Å². The van der Waals surface area contributed by atoms with Crippen LogP contribution < -0.4 is 15.4 Å². The van der Waals surface area contributed by atoms with E-state index in [1.165, 1.54) is 13.8 Å². The SMILES string of the molecule is CC(C)(CNC(=O)CNCC(F)(F)F)NS(C)(=O)=O. The Kier molecular flexibility index (Phi) is 6.23. The summed E-state index contributed by atoms with van der Waals surface area (Å²) in [6, 6.07) is 0. The quantitative estimate of drug-likeness (QED) is 0.596. The van der Waals surface area contributed by atoms with Crippen LogP contribution in [0.1, 0.15) is 13.8 Å². The lowest BCUT2D eigenvalue weighted by Gasteiger charge is -2.25. The molecule has 10 heteroatoms. The zero-order chi connectivity index (χ0) is 15.3. The lowest BCUT2D eigenvalue weighted by Crippen LogP contribution is -2.52. The number of nitrogens with one attached hydrogen (secondary N) is 3. The predicted molar refractivity (Wildman–Crippen MR) is 64.0 cm³/mol. The summed E-state index contributed by atoms with van der Waals surface area (Å²) < 4.78 is 59.7. The molecule has 0 aromatic rings. The van der Waals surface area contributed by atoms with Gasteiger partial charge in [-0.15, -0.1) is 0 Å². The van der Waals surface area contributed by atoms with Gasteiger partial charge in [0, 0.05) is 12.1 Å². The summed E-state index contributed by atoms with van der Waals surface area (Å²) in [6.45, 7) is 1.29. The third-order valence-electron chi connectivity index (χ3n) is 1.80. The monoisotopic (exact) mass is 305 g/mol. The number of carbonyl (C=O) groups is 1. The van der Waals surface area contributed by atoms with Crippen molar-refractivity contribution < 1.29 is 26.4 Å². The van der Waals surface area contributed by atoms with Crippen molar-refractivity contribution in [3.63, 3.8) is 0 Å². The third-order valence-corrected chi connectivity index (χ3v) is 2.72. The lowest BCUT2D eigenvalue weighted by atomic mass is 10.1. The Bertz CT molecular complexity index is 407. The lowest BCUT2D eigenvalue weighted by molar-refractivity contribution is -0.128. The van der Waals surface area contributed by atoms with Crippen LogP contribution in [0, 0.1) is 0 Å². The Morgan fingerprint density at radius 3 is 2.11 bits per heavy atom. The minimum Gasteiger partial charge on any atom is -0.353 e. The number of hydrogen-bond acceptors (Lipinski definition) is 4. The molecule has 0 bridgehead atoms. The number of halogens is 3. The smallest absolute Gasteiger partial charge is 0.353 e. The Labute approximate surface area is 110 Å². The maximum Gasteiger partial charge on any atom is 0.401 e. The van der Waals surface area contributed by atoms with Crippen LogP contribution in [0.3, 0.4) is 0 Å². The summed E-state index contributed by atoms with van der Waals surface area (Å²) in [4.78, 5) is 11.2. The molecule has 0 saturated carbocycles. The van der Waals surface area contributed by atoms with E-state index in [4.69, 9.17) is 0 Å². The average Bonchev–Trinajstić information content (AvgIpc) is 2.09. The molecule has 0 aromatic heterocycles. The molecule has 3 N–H and O–H groups in total. The van der Waals surface area contributed by atoms with Gasteiger partial charge >= 0.3 is 6.18 Å². The van der Waals surface area contributed by atoms with Gasteiger partial charge < -0.3 is 10.6 Å². The summed E-state index contributed by atoms with van der Waals surface area (Å²) in [7, 11) is -3.43. The second kappa shape index (κ2) is 6.53. The fourth-order valence-electron chi connectivity index (χ4n) is 1.24. The summed E-state index contributed by atoms with van der Waals surface area (Å²) in [5.74, 6) is -0.646. The van der Waals surface area contributed by atoms with Crippen LogP contribution in [0.4, 0.5) is 13.2 Å². The largest absolute Gasteiger partial charge is 0.401 e. The molecule has 0 atom stereocenters. The van der Waals surface area contributed by atoms with E-state index in [9.17, 15) is 26.4 Å². The Hall–Kier alpha value is -0.870. The van der Waals surface area contributed by atoms with Gasteiger partial charge in [0.25, 0.3) is 0 Å². The zero-order valence-electron chi connectivity index (χ0n) is 10.9. The highest BCUT2D eigenvalue weighted by Crippen LogP contribution is 2.11. The molecule has 114 valence electrons. The summed E-state index contributed by atoms with van der Waals surface area (Å²) in [6.07, 6.45) is -3.40. The van der Waals surface area contributed by atoms with Crippen LogP contribution in [-0.4, -0.2) is 51.9 Å². The molecule has 0 aliphatic rings. The zero-order valence-corrected chi connectivity index (χ0v) is 11.7. The third kappa shape index (κ3) is 11.9. The molecule has 0 aromatic carbocycles. The average molecular weight is 305 g/mol. The fraction of sp³-hybridized carbons (Fsp3) is 0.889. The van der Waals surface area contributed by atoms with Crippen LogP contribution in [-0.2, 0) is 14.8 Å². The van der Waals surface area contributed by atoms with E-state index in [2.05, 4.69) is 10.0 Å². The van der Waals surface area contributed by atoms with Crippen molar-refractivity contribution in [3.05, 3.63) is 0 Å². The summed E-state index contributed by atoms with van der Waals surface area (Å²) >= 11 is 0. The van der Waals surface area contributed by atoms with E-state index in [1.807, 2.05) is 5.32 Å². The Morgan fingerprint density at radius 1 is 1.16 bits per heavy atom. The molecule has 0 heterocycles. The predicted octanol–water partition coefficient (Wildman–Crippen LogP) is -0.418. The van der Waals surface area contributed by atoms with E-state index in [0.717, 1.165) is 6.26 Å². The number of alkyl halides is 3. The molecule has 0 aliphatic carbocycles. The van der Waals surface area contributed by atoms with Gasteiger partial charge in [0.05, 0.1) is 19.3 Å². The molecule has 0 aliphatic heterocycles. The normalized spacial score (nSPS) is 13.4. The molecule has 0 spiro atoms. The van der Waals surface area contributed by atoms with Crippen LogP contribution >= 0.6 is 0 Å². The molecule has 1 amide bonds. The molecule has 0 fully saturated rings. The van der Waals surface area contributed by atoms with Gasteiger partial charge in [-0.1, -0.05) is 0 Å². The van der Waals surface area contributed by atoms with Gasteiger partial charge in [0.1, 0.15) is 0 Å². The maximum absolute atomic E-state index is 11.8. The minimum absolute atomic E-state index is 0.0351. The highest BCUT2D eigenvalue weighted by atomic mass is 32.2. The Morgan fingerprint density at radius 2 is 1.68 bits per heavy atom. The maximum atomic E-state index is 11.8.